The van der Waals surface area contributed by atoms with Gasteiger partial charge in [0, 0.05) is 30.1 Å². The Morgan fingerprint density at radius 3 is 2.77 bits per heavy atom. The number of hydrogen-bond acceptors (Lipinski definition) is 6. The Kier molecular flexibility index (Phi) is 6.65. The maximum absolute atomic E-state index is 14.2. The van der Waals surface area contributed by atoms with Gasteiger partial charge >= 0.3 is 0 Å². The predicted octanol–water partition coefficient (Wildman–Crippen LogP) is 1.99. The predicted molar refractivity (Wildman–Crippen MR) is 100 cm³/mol. The number of carbonyl (C=O) groups is 2. The highest BCUT2D eigenvalue weighted by Gasteiger charge is 2.28. The molecule has 1 aliphatic heterocycles. The zero-order valence-electron chi connectivity index (χ0n) is 13.8. The molecule has 0 spiro atoms. The van der Waals surface area contributed by atoms with Crippen molar-refractivity contribution in [2.45, 2.75) is 25.5 Å². The standard InChI is InChI=1S/C16H17FN4O3S.ClH/c1-8(22)19-9-2-3-11(12(17)4-9)14-7-25-16(20-14)21-15(24)13-5-10(23)6-18-13;/h2-4,7,10,13,18,23H,5-6H2,1H3,(H,19,22)(H,20,21,24);1H. The summed E-state index contributed by atoms with van der Waals surface area (Å²) in [6.45, 7) is 1.73. The molecular formula is C16H18ClFN4O3S. The van der Waals surface area contributed by atoms with Crippen molar-refractivity contribution in [1.82, 2.24) is 10.3 Å². The lowest BCUT2D eigenvalue weighted by atomic mass is 10.1. The average molecular weight is 401 g/mol. The fourth-order valence-electron chi connectivity index (χ4n) is 2.57. The smallest absolute Gasteiger partial charge is 0.243 e. The van der Waals surface area contributed by atoms with Crippen LogP contribution in [-0.2, 0) is 9.59 Å². The van der Waals surface area contributed by atoms with Crippen LogP contribution in [0.5, 0.6) is 0 Å². The molecule has 2 heterocycles. The number of benzene rings is 1. The summed E-state index contributed by atoms with van der Waals surface area (Å²) >= 11 is 1.19. The summed E-state index contributed by atoms with van der Waals surface area (Å²) in [5, 5.41) is 19.5. The highest BCUT2D eigenvalue weighted by Crippen LogP contribution is 2.29. The van der Waals surface area contributed by atoms with Crippen molar-refractivity contribution >= 4 is 46.4 Å². The van der Waals surface area contributed by atoms with Crippen LogP contribution in [0, 0.1) is 5.82 Å². The number of aromatic nitrogens is 1. The molecule has 2 aromatic rings. The molecule has 0 saturated carbocycles. The van der Waals surface area contributed by atoms with Crippen molar-refractivity contribution in [1.29, 1.82) is 0 Å². The van der Waals surface area contributed by atoms with Gasteiger partial charge in [0.1, 0.15) is 5.82 Å². The summed E-state index contributed by atoms with van der Waals surface area (Å²) in [5.41, 5.74) is 1.04. The lowest BCUT2D eigenvalue weighted by Gasteiger charge is -2.08. The number of nitrogens with zero attached hydrogens (tertiary/aromatic N) is 1. The van der Waals surface area contributed by atoms with Crippen LogP contribution in [0.2, 0.25) is 0 Å². The van der Waals surface area contributed by atoms with Crippen molar-refractivity contribution in [3.05, 3.63) is 29.4 Å². The Morgan fingerprint density at radius 1 is 1.38 bits per heavy atom. The molecule has 1 aliphatic rings. The van der Waals surface area contributed by atoms with E-state index in [9.17, 15) is 19.1 Å². The van der Waals surface area contributed by atoms with E-state index >= 15 is 0 Å². The van der Waals surface area contributed by atoms with E-state index in [1.54, 1.807) is 11.4 Å². The molecule has 0 radical (unpaired) electrons. The largest absolute Gasteiger partial charge is 0.392 e. The van der Waals surface area contributed by atoms with E-state index in [1.807, 2.05) is 0 Å². The first-order chi connectivity index (χ1) is 11.9. The van der Waals surface area contributed by atoms with E-state index in [0.717, 1.165) is 0 Å². The van der Waals surface area contributed by atoms with Gasteiger partial charge in [-0.2, -0.15) is 0 Å². The maximum atomic E-state index is 14.2. The molecule has 26 heavy (non-hydrogen) atoms. The molecule has 0 aliphatic carbocycles. The molecule has 2 amide bonds. The number of hydrogen-bond donors (Lipinski definition) is 4. The third-order valence-electron chi connectivity index (χ3n) is 3.72. The van der Waals surface area contributed by atoms with Gasteiger partial charge in [0.25, 0.3) is 0 Å². The number of aliphatic hydroxyl groups excluding tert-OH is 1. The number of thiazole rings is 1. The molecule has 0 bridgehead atoms. The molecule has 10 heteroatoms. The number of aliphatic hydroxyl groups is 1. The van der Waals surface area contributed by atoms with Crippen LogP contribution in [0.15, 0.2) is 23.6 Å². The molecule has 1 aromatic heterocycles. The van der Waals surface area contributed by atoms with Gasteiger partial charge in [-0.1, -0.05) is 0 Å². The Labute approximate surface area is 159 Å². The van der Waals surface area contributed by atoms with Crippen LogP contribution >= 0.6 is 23.7 Å². The third kappa shape index (κ3) is 4.76. The van der Waals surface area contributed by atoms with Gasteiger partial charge in [-0.05, 0) is 24.6 Å². The second-order valence-electron chi connectivity index (χ2n) is 5.75. The molecule has 1 saturated heterocycles. The number of rotatable bonds is 4. The number of halogens is 2. The highest BCUT2D eigenvalue weighted by atomic mass is 35.5. The molecular weight excluding hydrogens is 383 g/mol. The van der Waals surface area contributed by atoms with Crippen LogP contribution in [0.3, 0.4) is 0 Å². The Morgan fingerprint density at radius 2 is 2.15 bits per heavy atom. The first-order valence-electron chi connectivity index (χ1n) is 7.67. The maximum Gasteiger partial charge on any atom is 0.243 e. The molecule has 4 N–H and O–H groups in total. The van der Waals surface area contributed by atoms with Crippen molar-refractivity contribution in [2.24, 2.45) is 0 Å². The average Bonchev–Trinajstić information content (AvgIpc) is 3.16. The van der Waals surface area contributed by atoms with Crippen molar-refractivity contribution in [3.8, 4) is 11.3 Å². The second kappa shape index (κ2) is 8.54. The molecule has 2 atom stereocenters. The summed E-state index contributed by atoms with van der Waals surface area (Å²) in [6, 6.07) is 3.87. The van der Waals surface area contributed by atoms with Gasteiger partial charge in [-0.15, -0.1) is 23.7 Å². The van der Waals surface area contributed by atoms with Crippen LogP contribution in [0.4, 0.5) is 15.2 Å². The van der Waals surface area contributed by atoms with Gasteiger partial charge in [-0.25, -0.2) is 9.37 Å². The van der Waals surface area contributed by atoms with Gasteiger partial charge in [-0.3, -0.25) is 9.59 Å². The normalized spacial score (nSPS) is 18.9. The van der Waals surface area contributed by atoms with E-state index < -0.39 is 18.0 Å². The first-order valence-corrected chi connectivity index (χ1v) is 8.55. The summed E-state index contributed by atoms with van der Waals surface area (Å²) in [5.74, 6) is -1.08. The lowest BCUT2D eigenvalue weighted by molar-refractivity contribution is -0.118. The summed E-state index contributed by atoms with van der Waals surface area (Å²) in [7, 11) is 0. The zero-order chi connectivity index (χ0) is 18.0. The van der Waals surface area contributed by atoms with Gasteiger partial charge in [0.2, 0.25) is 11.8 Å². The topological polar surface area (TPSA) is 103 Å². The Bertz CT molecular complexity index is 817. The number of β-amino-alcohol motifs (C(OH)–C–C–N with tert-alkyl or cyclic N) is 1. The highest BCUT2D eigenvalue weighted by molar-refractivity contribution is 7.14. The molecule has 2 unspecified atom stereocenters. The SMILES string of the molecule is CC(=O)Nc1ccc(-c2csc(NC(=O)C3CC(O)CN3)n2)c(F)c1.Cl. The van der Waals surface area contributed by atoms with Gasteiger partial charge in [0.05, 0.1) is 17.8 Å². The molecule has 140 valence electrons. The monoisotopic (exact) mass is 400 g/mol. The molecule has 7 nitrogen and oxygen atoms in total. The fraction of sp³-hybridized carbons (Fsp3) is 0.312. The van der Waals surface area contributed by atoms with Crippen molar-refractivity contribution < 1.29 is 19.1 Å². The van der Waals surface area contributed by atoms with E-state index in [1.165, 1.54) is 30.4 Å². The quantitative estimate of drug-likeness (QED) is 0.628. The van der Waals surface area contributed by atoms with Crippen molar-refractivity contribution in [2.75, 3.05) is 17.2 Å². The molecule has 3 rings (SSSR count). The first kappa shape index (κ1) is 20.2. The van der Waals surface area contributed by atoms with Crippen LogP contribution < -0.4 is 16.0 Å². The number of nitrogens with one attached hydrogen (secondary N) is 3. The third-order valence-corrected chi connectivity index (χ3v) is 4.48. The number of amides is 2. The number of anilines is 2. The summed E-state index contributed by atoms with van der Waals surface area (Å²) < 4.78 is 14.2. The second-order valence-corrected chi connectivity index (χ2v) is 6.61. The Hall–Kier alpha value is -2.07. The van der Waals surface area contributed by atoms with Crippen LogP contribution in [0.1, 0.15) is 13.3 Å². The minimum atomic E-state index is -0.529. The summed E-state index contributed by atoms with van der Waals surface area (Å²) in [6.07, 6.45) is -0.178. The lowest BCUT2D eigenvalue weighted by Crippen LogP contribution is -2.35. The van der Waals surface area contributed by atoms with E-state index in [-0.39, 0.29) is 29.8 Å². The number of carbonyl (C=O) groups excluding carboxylic acids is 2. The minimum Gasteiger partial charge on any atom is -0.392 e. The van der Waals surface area contributed by atoms with Gasteiger partial charge < -0.3 is 21.1 Å². The Balaban J connectivity index is 0.00000243. The zero-order valence-corrected chi connectivity index (χ0v) is 15.4. The molecule has 1 fully saturated rings. The van der Waals surface area contributed by atoms with E-state index in [2.05, 4.69) is 20.9 Å². The fourth-order valence-corrected chi connectivity index (χ4v) is 3.28. The van der Waals surface area contributed by atoms with E-state index in [0.29, 0.717) is 29.5 Å². The van der Waals surface area contributed by atoms with Crippen LogP contribution in [0.25, 0.3) is 11.3 Å². The van der Waals surface area contributed by atoms with Crippen molar-refractivity contribution in [3.63, 3.8) is 0 Å². The van der Waals surface area contributed by atoms with Gasteiger partial charge in [0.15, 0.2) is 5.13 Å². The van der Waals surface area contributed by atoms with E-state index in [4.69, 9.17) is 0 Å². The minimum absolute atomic E-state index is 0. The van der Waals surface area contributed by atoms with Crippen LogP contribution in [-0.4, -0.2) is 40.6 Å². The molecule has 1 aromatic carbocycles. The summed E-state index contributed by atoms with van der Waals surface area (Å²) in [4.78, 5) is 27.3.